The third kappa shape index (κ3) is 6.06. The summed E-state index contributed by atoms with van der Waals surface area (Å²) >= 11 is 5.36. The van der Waals surface area contributed by atoms with Crippen molar-refractivity contribution in [3.8, 4) is 0 Å². The second-order valence-corrected chi connectivity index (χ2v) is 9.78. The number of carbonyl (C=O) groups is 2. The van der Waals surface area contributed by atoms with Crippen LogP contribution in [0.4, 0.5) is 20.6 Å². The van der Waals surface area contributed by atoms with Crippen molar-refractivity contribution < 1.29 is 18.7 Å². The minimum absolute atomic E-state index is 0.0335. The highest BCUT2D eigenvalue weighted by Crippen LogP contribution is 2.28. The molecule has 2 amide bonds. The van der Waals surface area contributed by atoms with Crippen LogP contribution < -0.4 is 15.1 Å². The largest absolute Gasteiger partial charge is 0.442 e. The highest BCUT2D eigenvalue weighted by Gasteiger charge is 2.33. The molecule has 1 aromatic rings. The highest BCUT2D eigenvalue weighted by molar-refractivity contribution is 7.80. The minimum atomic E-state index is -0.490. The van der Waals surface area contributed by atoms with Crippen molar-refractivity contribution in [3.63, 3.8) is 0 Å². The predicted octanol–water partition coefficient (Wildman–Crippen LogP) is 3.17. The molecule has 31 heavy (non-hydrogen) atoms. The molecule has 1 atom stereocenters. The van der Waals surface area contributed by atoms with E-state index >= 15 is 0 Å². The molecule has 2 fully saturated rings. The van der Waals surface area contributed by atoms with Crippen LogP contribution >= 0.6 is 12.2 Å². The molecule has 0 radical (unpaired) electrons. The maximum Gasteiger partial charge on any atom is 0.414 e. The third-order valence-corrected chi connectivity index (χ3v) is 5.69. The molecule has 2 aliphatic heterocycles. The quantitative estimate of drug-likeness (QED) is 0.696. The lowest BCUT2D eigenvalue weighted by Gasteiger charge is -2.35. The second-order valence-electron chi connectivity index (χ2n) is 9.29. The Morgan fingerprint density at radius 3 is 2.52 bits per heavy atom. The van der Waals surface area contributed by atoms with Gasteiger partial charge in [-0.1, -0.05) is 33.0 Å². The van der Waals surface area contributed by atoms with Gasteiger partial charge in [0.25, 0.3) is 0 Å². The summed E-state index contributed by atoms with van der Waals surface area (Å²) in [6, 6.07) is 4.79. The van der Waals surface area contributed by atoms with Crippen LogP contribution in [0.15, 0.2) is 18.2 Å². The van der Waals surface area contributed by atoms with E-state index in [1.807, 2.05) is 4.90 Å². The normalized spacial score (nSPS) is 19.5. The fraction of sp³-hybridized carbons (Fsp3) is 0.591. The van der Waals surface area contributed by atoms with Gasteiger partial charge in [-0.05, 0) is 23.6 Å². The second kappa shape index (κ2) is 9.38. The van der Waals surface area contributed by atoms with Gasteiger partial charge in [0.15, 0.2) is 0 Å². The van der Waals surface area contributed by atoms with Crippen molar-refractivity contribution in [2.24, 2.45) is 5.41 Å². The number of halogens is 1. The SMILES string of the molecule is CC(=O)N1CCN(c2ccc(N3CC(CNC(=S)CC(C)(C)C)OC3=O)cc2F)CC1. The number of benzene rings is 1. The Morgan fingerprint density at radius 2 is 1.94 bits per heavy atom. The van der Waals surface area contributed by atoms with Crippen LogP contribution in [0, 0.1) is 11.2 Å². The summed E-state index contributed by atoms with van der Waals surface area (Å²) < 4.78 is 20.3. The van der Waals surface area contributed by atoms with Gasteiger partial charge in [0.05, 0.1) is 29.5 Å². The maximum absolute atomic E-state index is 14.8. The van der Waals surface area contributed by atoms with E-state index < -0.39 is 11.9 Å². The number of thiocarbonyl (C=S) groups is 1. The van der Waals surface area contributed by atoms with E-state index in [2.05, 4.69) is 26.1 Å². The molecule has 1 aromatic carbocycles. The lowest BCUT2D eigenvalue weighted by atomic mass is 9.92. The van der Waals surface area contributed by atoms with Crippen LogP contribution in [0.5, 0.6) is 0 Å². The zero-order valence-electron chi connectivity index (χ0n) is 18.6. The molecule has 0 saturated carbocycles. The summed E-state index contributed by atoms with van der Waals surface area (Å²) in [5.41, 5.74) is 1.03. The summed E-state index contributed by atoms with van der Waals surface area (Å²) in [6.45, 7) is 10.9. The average Bonchev–Trinajstić information content (AvgIpc) is 3.06. The van der Waals surface area contributed by atoms with Crippen molar-refractivity contribution in [3.05, 3.63) is 24.0 Å². The number of piperazine rings is 1. The molecule has 0 aromatic heterocycles. The molecule has 9 heteroatoms. The number of ether oxygens (including phenoxy) is 1. The summed E-state index contributed by atoms with van der Waals surface area (Å²) in [7, 11) is 0. The third-order valence-electron chi connectivity index (χ3n) is 5.40. The molecular weight excluding hydrogens is 419 g/mol. The summed E-state index contributed by atoms with van der Waals surface area (Å²) in [5.74, 6) is -0.360. The van der Waals surface area contributed by atoms with Crippen molar-refractivity contribution >= 4 is 40.6 Å². The van der Waals surface area contributed by atoms with Crippen molar-refractivity contribution in [1.82, 2.24) is 10.2 Å². The Bertz CT molecular complexity index is 850. The molecule has 1 N–H and O–H groups in total. The zero-order valence-corrected chi connectivity index (χ0v) is 19.4. The van der Waals surface area contributed by atoms with E-state index in [4.69, 9.17) is 17.0 Å². The molecule has 0 bridgehead atoms. The van der Waals surface area contributed by atoms with E-state index in [0.29, 0.717) is 50.6 Å². The number of carbonyl (C=O) groups excluding carboxylic acids is 2. The molecule has 0 spiro atoms. The van der Waals surface area contributed by atoms with Gasteiger partial charge < -0.3 is 19.9 Å². The summed E-state index contributed by atoms with van der Waals surface area (Å²) in [4.78, 5) is 29.7. The first kappa shape index (κ1) is 23.2. The fourth-order valence-electron chi connectivity index (χ4n) is 3.79. The molecule has 0 aliphatic carbocycles. The number of amides is 2. The predicted molar refractivity (Wildman–Crippen MR) is 123 cm³/mol. The molecule has 2 heterocycles. The van der Waals surface area contributed by atoms with Crippen molar-refractivity contribution in [2.75, 3.05) is 49.1 Å². The number of hydrogen-bond donors (Lipinski definition) is 1. The molecule has 1 unspecified atom stereocenters. The van der Waals surface area contributed by atoms with Gasteiger partial charge in [0.2, 0.25) is 5.91 Å². The van der Waals surface area contributed by atoms with E-state index in [1.165, 1.54) is 11.0 Å². The van der Waals surface area contributed by atoms with Gasteiger partial charge in [-0.25, -0.2) is 9.18 Å². The number of anilines is 2. The lowest BCUT2D eigenvalue weighted by molar-refractivity contribution is -0.129. The smallest absolute Gasteiger partial charge is 0.414 e. The molecular formula is C22H31FN4O3S. The Kier molecular flexibility index (Phi) is 7.03. The van der Waals surface area contributed by atoms with Gasteiger partial charge in [-0.2, -0.15) is 0 Å². The van der Waals surface area contributed by atoms with Gasteiger partial charge >= 0.3 is 6.09 Å². The number of nitrogens with zero attached hydrogens (tertiary/aromatic N) is 3. The number of nitrogens with one attached hydrogen (secondary N) is 1. The molecule has 7 nitrogen and oxygen atoms in total. The van der Waals surface area contributed by atoms with Crippen LogP contribution in [0.1, 0.15) is 34.1 Å². The van der Waals surface area contributed by atoms with Crippen LogP contribution in [0.2, 0.25) is 0 Å². The topological polar surface area (TPSA) is 65.1 Å². The first-order valence-electron chi connectivity index (χ1n) is 10.6. The van der Waals surface area contributed by atoms with Crippen LogP contribution in [-0.4, -0.2) is 67.3 Å². The Morgan fingerprint density at radius 1 is 1.26 bits per heavy atom. The molecule has 2 saturated heterocycles. The van der Waals surface area contributed by atoms with Crippen molar-refractivity contribution in [2.45, 2.75) is 40.2 Å². The highest BCUT2D eigenvalue weighted by atomic mass is 32.1. The van der Waals surface area contributed by atoms with Crippen LogP contribution in [0.25, 0.3) is 0 Å². The number of cyclic esters (lactones) is 1. The summed E-state index contributed by atoms with van der Waals surface area (Å²) in [6.07, 6.45) is -0.0938. The van der Waals surface area contributed by atoms with Gasteiger partial charge in [0, 0.05) is 39.5 Å². The van der Waals surface area contributed by atoms with E-state index in [-0.39, 0.29) is 17.4 Å². The van der Waals surface area contributed by atoms with Gasteiger partial charge in [-0.3, -0.25) is 9.69 Å². The molecule has 3 rings (SSSR count). The van der Waals surface area contributed by atoms with Gasteiger partial charge in [0.1, 0.15) is 11.9 Å². The number of hydrogen-bond acceptors (Lipinski definition) is 5. The lowest BCUT2D eigenvalue weighted by Crippen LogP contribution is -2.48. The van der Waals surface area contributed by atoms with Gasteiger partial charge in [-0.15, -0.1) is 0 Å². The Labute approximate surface area is 188 Å². The Balaban J connectivity index is 1.58. The van der Waals surface area contributed by atoms with Crippen LogP contribution in [0.3, 0.4) is 0 Å². The monoisotopic (exact) mass is 450 g/mol. The molecule has 170 valence electrons. The van der Waals surface area contributed by atoms with E-state index in [9.17, 15) is 14.0 Å². The van der Waals surface area contributed by atoms with E-state index in [1.54, 1.807) is 24.0 Å². The first-order chi connectivity index (χ1) is 14.5. The zero-order chi connectivity index (χ0) is 22.8. The van der Waals surface area contributed by atoms with E-state index in [0.717, 1.165) is 11.4 Å². The summed E-state index contributed by atoms with van der Waals surface area (Å²) in [5, 5.41) is 3.17. The minimum Gasteiger partial charge on any atom is -0.442 e. The molecule has 2 aliphatic rings. The van der Waals surface area contributed by atoms with Crippen LogP contribution in [-0.2, 0) is 9.53 Å². The maximum atomic E-state index is 14.8. The first-order valence-corrected chi connectivity index (χ1v) is 11.0. The number of rotatable bonds is 5. The average molecular weight is 451 g/mol. The van der Waals surface area contributed by atoms with Crippen molar-refractivity contribution in [1.29, 1.82) is 0 Å². The Hall–Kier alpha value is -2.42. The fourth-order valence-corrected chi connectivity index (χ4v) is 4.31. The standard InChI is InChI=1S/C22H31FN4O3S/c1-15(28)25-7-9-26(10-8-25)19-6-5-16(11-18(19)23)27-14-17(30-21(27)29)13-24-20(31)12-22(2,3)4/h5-6,11,17H,7-10,12-14H2,1-4H3,(H,24,31).